The Morgan fingerprint density at radius 1 is 1.30 bits per heavy atom. The molecule has 1 amide bonds. The van der Waals surface area contributed by atoms with E-state index in [2.05, 4.69) is 42.9 Å². The van der Waals surface area contributed by atoms with Crippen molar-refractivity contribution in [1.82, 2.24) is 15.1 Å². The molecule has 2 saturated heterocycles. The summed E-state index contributed by atoms with van der Waals surface area (Å²) in [5.41, 5.74) is 0. The predicted octanol–water partition coefficient (Wildman–Crippen LogP) is 1.42. The van der Waals surface area contributed by atoms with Crippen molar-refractivity contribution in [1.29, 1.82) is 0 Å². The van der Waals surface area contributed by atoms with Crippen LogP contribution < -0.4 is 5.32 Å². The Morgan fingerprint density at radius 2 is 1.95 bits per heavy atom. The van der Waals surface area contributed by atoms with Crippen LogP contribution >= 0.6 is 0 Å². The van der Waals surface area contributed by atoms with Crippen LogP contribution in [0.4, 0.5) is 0 Å². The fraction of sp³-hybridized carbons (Fsp3) is 0.938. The van der Waals surface area contributed by atoms with Crippen LogP contribution in [0.2, 0.25) is 0 Å². The van der Waals surface area contributed by atoms with Crippen molar-refractivity contribution in [3.8, 4) is 0 Å². The molecule has 2 atom stereocenters. The van der Waals surface area contributed by atoms with Gasteiger partial charge in [0, 0.05) is 32.2 Å². The SMILES string of the molecule is CC1CNCC1C(=O)N1CCC(CN(C)C(C)C)CC1. The number of piperidine rings is 1. The van der Waals surface area contributed by atoms with E-state index in [4.69, 9.17) is 0 Å². The van der Waals surface area contributed by atoms with Crippen molar-refractivity contribution >= 4 is 5.91 Å². The average Bonchev–Trinajstić information content (AvgIpc) is 2.85. The fourth-order valence-corrected chi connectivity index (χ4v) is 3.33. The first-order chi connectivity index (χ1) is 9.49. The van der Waals surface area contributed by atoms with Crippen molar-refractivity contribution < 1.29 is 4.79 Å². The van der Waals surface area contributed by atoms with Gasteiger partial charge < -0.3 is 15.1 Å². The zero-order valence-corrected chi connectivity index (χ0v) is 13.6. The van der Waals surface area contributed by atoms with Gasteiger partial charge >= 0.3 is 0 Å². The van der Waals surface area contributed by atoms with Gasteiger partial charge in [0.15, 0.2) is 0 Å². The van der Waals surface area contributed by atoms with E-state index in [1.807, 2.05) is 0 Å². The third-order valence-corrected chi connectivity index (χ3v) is 5.19. The smallest absolute Gasteiger partial charge is 0.227 e. The maximum Gasteiger partial charge on any atom is 0.227 e. The number of nitrogens with one attached hydrogen (secondary N) is 1. The maximum atomic E-state index is 12.5. The summed E-state index contributed by atoms with van der Waals surface area (Å²) < 4.78 is 0. The van der Waals surface area contributed by atoms with E-state index in [1.54, 1.807) is 0 Å². The summed E-state index contributed by atoms with van der Waals surface area (Å²) in [4.78, 5) is 17.1. The molecular formula is C16H31N3O. The van der Waals surface area contributed by atoms with Crippen LogP contribution in [0, 0.1) is 17.8 Å². The normalized spacial score (nSPS) is 28.6. The summed E-state index contributed by atoms with van der Waals surface area (Å²) in [6.07, 6.45) is 2.33. The van der Waals surface area contributed by atoms with Gasteiger partial charge in [0.2, 0.25) is 5.91 Å². The Morgan fingerprint density at radius 3 is 2.45 bits per heavy atom. The van der Waals surface area contributed by atoms with Gasteiger partial charge in [-0.15, -0.1) is 0 Å². The molecule has 0 aromatic heterocycles. The third-order valence-electron chi connectivity index (χ3n) is 5.19. The molecular weight excluding hydrogens is 250 g/mol. The number of likely N-dealkylation sites (tertiary alicyclic amines) is 1. The molecule has 0 aromatic rings. The van der Waals surface area contributed by atoms with Gasteiger partial charge in [-0.2, -0.15) is 0 Å². The lowest BCUT2D eigenvalue weighted by Gasteiger charge is -2.36. The highest BCUT2D eigenvalue weighted by Crippen LogP contribution is 2.24. The number of hydrogen-bond acceptors (Lipinski definition) is 3. The Labute approximate surface area is 123 Å². The van der Waals surface area contributed by atoms with Crippen LogP contribution in [0.25, 0.3) is 0 Å². The fourth-order valence-electron chi connectivity index (χ4n) is 3.33. The summed E-state index contributed by atoms with van der Waals surface area (Å²) in [5.74, 6) is 1.85. The first-order valence-corrected chi connectivity index (χ1v) is 8.18. The Balaban J connectivity index is 1.77. The lowest BCUT2D eigenvalue weighted by Crippen LogP contribution is -2.45. The molecule has 2 fully saturated rings. The monoisotopic (exact) mass is 281 g/mol. The molecule has 0 radical (unpaired) electrons. The van der Waals surface area contributed by atoms with Crippen LogP contribution in [0.5, 0.6) is 0 Å². The summed E-state index contributed by atoms with van der Waals surface area (Å²) in [6, 6.07) is 0.611. The molecule has 2 unspecified atom stereocenters. The van der Waals surface area contributed by atoms with Gasteiger partial charge in [-0.1, -0.05) is 6.92 Å². The van der Waals surface area contributed by atoms with Gasteiger partial charge in [-0.05, 0) is 52.1 Å². The number of amides is 1. The molecule has 0 saturated carbocycles. The lowest BCUT2D eigenvalue weighted by atomic mass is 9.92. The highest BCUT2D eigenvalue weighted by Gasteiger charge is 2.34. The molecule has 4 heteroatoms. The van der Waals surface area contributed by atoms with Crippen LogP contribution in [-0.4, -0.2) is 61.5 Å². The van der Waals surface area contributed by atoms with Crippen molar-refractivity contribution in [2.75, 3.05) is 39.8 Å². The van der Waals surface area contributed by atoms with Gasteiger partial charge in [-0.25, -0.2) is 0 Å². The molecule has 0 spiro atoms. The second-order valence-corrected chi connectivity index (χ2v) is 7.04. The Bertz CT molecular complexity index is 324. The van der Waals surface area contributed by atoms with Gasteiger partial charge in [0.1, 0.15) is 0 Å². The number of hydrogen-bond donors (Lipinski definition) is 1. The zero-order chi connectivity index (χ0) is 14.7. The molecule has 0 aromatic carbocycles. The second kappa shape index (κ2) is 6.90. The molecule has 2 aliphatic rings. The topological polar surface area (TPSA) is 35.6 Å². The van der Waals surface area contributed by atoms with Gasteiger partial charge in [0.25, 0.3) is 0 Å². The van der Waals surface area contributed by atoms with E-state index >= 15 is 0 Å². The summed E-state index contributed by atoms with van der Waals surface area (Å²) in [7, 11) is 2.20. The largest absolute Gasteiger partial charge is 0.342 e. The zero-order valence-electron chi connectivity index (χ0n) is 13.6. The van der Waals surface area contributed by atoms with Crippen LogP contribution in [-0.2, 0) is 4.79 Å². The Kier molecular flexibility index (Phi) is 5.44. The van der Waals surface area contributed by atoms with Crippen LogP contribution in [0.15, 0.2) is 0 Å². The van der Waals surface area contributed by atoms with Crippen molar-refractivity contribution in [2.45, 2.75) is 39.7 Å². The van der Waals surface area contributed by atoms with Crippen molar-refractivity contribution in [2.24, 2.45) is 17.8 Å². The molecule has 116 valence electrons. The number of nitrogens with zero attached hydrogens (tertiary/aromatic N) is 2. The first-order valence-electron chi connectivity index (χ1n) is 8.18. The standard InChI is InChI=1S/C16H31N3O/c1-12(2)18(4)11-14-5-7-19(8-6-14)16(20)15-10-17-9-13(15)3/h12-15,17H,5-11H2,1-4H3. The highest BCUT2D eigenvalue weighted by molar-refractivity contribution is 5.79. The predicted molar refractivity (Wildman–Crippen MR) is 82.6 cm³/mol. The van der Waals surface area contributed by atoms with E-state index in [0.29, 0.717) is 17.9 Å². The van der Waals surface area contributed by atoms with Gasteiger partial charge in [-0.3, -0.25) is 4.79 Å². The van der Waals surface area contributed by atoms with E-state index in [1.165, 1.54) is 6.54 Å². The minimum absolute atomic E-state index is 0.213. The van der Waals surface area contributed by atoms with E-state index < -0.39 is 0 Å². The molecule has 2 heterocycles. The molecule has 1 N–H and O–H groups in total. The molecule has 0 bridgehead atoms. The van der Waals surface area contributed by atoms with E-state index in [0.717, 1.165) is 44.9 Å². The molecule has 4 nitrogen and oxygen atoms in total. The first kappa shape index (κ1) is 15.8. The van der Waals surface area contributed by atoms with Gasteiger partial charge in [0.05, 0.1) is 5.92 Å². The molecule has 2 rings (SSSR count). The summed E-state index contributed by atoms with van der Waals surface area (Å²) in [6.45, 7) is 11.6. The summed E-state index contributed by atoms with van der Waals surface area (Å²) in [5, 5.41) is 3.34. The number of carbonyl (C=O) groups is 1. The highest BCUT2D eigenvalue weighted by atomic mass is 16.2. The maximum absolute atomic E-state index is 12.5. The number of carbonyl (C=O) groups excluding carboxylic acids is 1. The minimum atomic E-state index is 0.213. The average molecular weight is 281 g/mol. The van der Waals surface area contributed by atoms with E-state index in [9.17, 15) is 4.79 Å². The lowest BCUT2D eigenvalue weighted by molar-refractivity contribution is -0.137. The van der Waals surface area contributed by atoms with Crippen molar-refractivity contribution in [3.05, 3.63) is 0 Å². The minimum Gasteiger partial charge on any atom is -0.342 e. The third kappa shape index (κ3) is 3.73. The quantitative estimate of drug-likeness (QED) is 0.846. The summed E-state index contributed by atoms with van der Waals surface area (Å²) >= 11 is 0. The second-order valence-electron chi connectivity index (χ2n) is 7.04. The van der Waals surface area contributed by atoms with E-state index in [-0.39, 0.29) is 5.92 Å². The Hall–Kier alpha value is -0.610. The molecule has 2 aliphatic heterocycles. The van der Waals surface area contributed by atoms with Crippen LogP contribution in [0.3, 0.4) is 0 Å². The van der Waals surface area contributed by atoms with Crippen molar-refractivity contribution in [3.63, 3.8) is 0 Å². The molecule has 0 aliphatic carbocycles. The number of rotatable bonds is 4. The van der Waals surface area contributed by atoms with Crippen LogP contribution in [0.1, 0.15) is 33.6 Å². The molecule has 20 heavy (non-hydrogen) atoms.